The van der Waals surface area contributed by atoms with Crippen molar-refractivity contribution in [2.24, 2.45) is 0 Å². The molecule has 7 heavy (non-hydrogen) atoms. The molecule has 0 amide bonds. The molecule has 8 N–H and O–H groups in total. The molecule has 0 saturated heterocycles. The summed E-state index contributed by atoms with van der Waals surface area (Å²) in [7, 11) is 8.69. The van der Waals surface area contributed by atoms with E-state index in [9.17, 15) is 0 Å². The third-order valence-corrected chi connectivity index (χ3v) is 0. The Morgan fingerprint density at radius 3 is 0.714 bits per heavy atom. The van der Waals surface area contributed by atoms with Crippen LogP contribution < -0.4 is 0 Å². The molecule has 7 heteroatoms. The largest absolute Gasteiger partial charge is 0.693 e. The fourth-order valence-electron chi connectivity index (χ4n) is 0. The van der Waals surface area contributed by atoms with Crippen LogP contribution >= 0.6 is 0 Å². The predicted octanol–water partition coefficient (Wildman–Crippen LogP) is 2.33. The first-order valence-corrected chi connectivity index (χ1v) is 7.09. The fourth-order valence-corrected chi connectivity index (χ4v) is 0. The number of rotatable bonds is 0. The SMILES string of the molecule is [ClH+][Os][ClH+].[NH2-].[NH2-].[NH2-].[NH2-]. The second-order valence-corrected chi connectivity index (χ2v) is 4.34. The molecule has 0 aliphatic rings. The molecule has 0 spiro atoms. The van der Waals surface area contributed by atoms with Crippen molar-refractivity contribution in [3.8, 4) is 0 Å². The number of hydrogen-bond acceptors (Lipinski definition) is 0. The Morgan fingerprint density at radius 1 is 0.714 bits per heavy atom. The molecule has 0 fully saturated rings. The Hall–Kier alpha value is 1.06. The van der Waals surface area contributed by atoms with Crippen molar-refractivity contribution in [2.45, 2.75) is 0 Å². The zero-order chi connectivity index (χ0) is 2.71. The average molecular weight is 327 g/mol. The van der Waals surface area contributed by atoms with Gasteiger partial charge in [0.05, 0.1) is 0 Å². The summed E-state index contributed by atoms with van der Waals surface area (Å²) in [5.41, 5.74) is 0. The predicted molar refractivity (Wildman–Crippen MR) is 23.9 cm³/mol. The van der Waals surface area contributed by atoms with Crippen LogP contribution in [0.5, 0.6) is 0 Å². The molecular formula is H10Cl2N4Os-2. The molecule has 0 aliphatic heterocycles. The van der Waals surface area contributed by atoms with Crippen LogP contribution in [0.4, 0.5) is 0 Å². The molecule has 0 unspecified atom stereocenters. The van der Waals surface area contributed by atoms with E-state index in [1.807, 2.05) is 0 Å². The van der Waals surface area contributed by atoms with Crippen molar-refractivity contribution in [1.82, 2.24) is 0 Å². The number of nitrogens with two attached hydrogens (primary N) is 4. The normalized spacial score (nSPS) is 3.14. The van der Waals surface area contributed by atoms with Gasteiger partial charge in [-0.2, -0.15) is 0 Å². The molecule has 0 aliphatic carbocycles. The van der Waals surface area contributed by atoms with Gasteiger partial charge in [0.1, 0.15) is 0 Å². The maximum atomic E-state index is 4.35. The van der Waals surface area contributed by atoms with E-state index in [2.05, 4.69) is 19.3 Å². The Kier molecular flexibility index (Phi) is 375. The zero-order valence-corrected chi connectivity index (χ0v) is 7.65. The molecule has 0 rings (SSSR count). The van der Waals surface area contributed by atoms with Crippen molar-refractivity contribution in [2.75, 3.05) is 0 Å². The maximum absolute atomic E-state index is 4.35. The maximum Gasteiger partial charge on any atom is -0.693 e. The van der Waals surface area contributed by atoms with E-state index in [1.165, 1.54) is 0 Å². The summed E-state index contributed by atoms with van der Waals surface area (Å²) in [5, 5.41) is 0. The van der Waals surface area contributed by atoms with Crippen LogP contribution in [-0.2, 0) is 15.4 Å². The van der Waals surface area contributed by atoms with E-state index < -0.39 is 15.4 Å². The van der Waals surface area contributed by atoms with E-state index in [-0.39, 0.29) is 24.6 Å². The molecular weight excluding hydrogens is 317 g/mol. The van der Waals surface area contributed by atoms with Gasteiger partial charge in [0.2, 0.25) is 0 Å². The zero-order valence-electron chi connectivity index (χ0n) is 3.48. The molecule has 0 aromatic rings. The smallest absolute Gasteiger partial charge is 0.693 e. The third-order valence-electron chi connectivity index (χ3n) is 0. The summed E-state index contributed by atoms with van der Waals surface area (Å²) >= 11 is -0.417. The average Bonchev–Trinajstić information content (AvgIpc) is 0.918. The topological polar surface area (TPSA) is 134 Å². The van der Waals surface area contributed by atoms with E-state index in [4.69, 9.17) is 0 Å². The van der Waals surface area contributed by atoms with Crippen LogP contribution in [0.15, 0.2) is 0 Å². The summed E-state index contributed by atoms with van der Waals surface area (Å²) < 4.78 is 0. The van der Waals surface area contributed by atoms with Crippen LogP contribution in [0.2, 0.25) is 0 Å². The van der Waals surface area contributed by atoms with Gasteiger partial charge in [0, 0.05) is 0 Å². The first-order chi connectivity index (χ1) is 1.41. The summed E-state index contributed by atoms with van der Waals surface area (Å²) in [6.45, 7) is 0. The second-order valence-electron chi connectivity index (χ2n) is 0.0589. The van der Waals surface area contributed by atoms with Crippen LogP contribution in [0.25, 0.3) is 24.6 Å². The Labute approximate surface area is 59.5 Å². The number of hydrogen-bond donors (Lipinski definition) is 0. The van der Waals surface area contributed by atoms with Gasteiger partial charge in [-0.15, -0.1) is 0 Å². The van der Waals surface area contributed by atoms with Gasteiger partial charge in [-0.05, 0) is 0 Å². The van der Waals surface area contributed by atoms with Crippen molar-refractivity contribution in [3.05, 3.63) is 24.6 Å². The summed E-state index contributed by atoms with van der Waals surface area (Å²) in [6.07, 6.45) is 0. The molecule has 0 aromatic carbocycles. The quantitative estimate of drug-likeness (QED) is 0.645. The van der Waals surface area contributed by atoms with Gasteiger partial charge in [-0.1, -0.05) is 0 Å². The Bertz CT molecular complexity index is 9.65. The van der Waals surface area contributed by atoms with E-state index in [1.54, 1.807) is 0 Å². The fraction of sp³-hybridized carbons (Fsp3) is 0. The molecule has 0 radical (unpaired) electrons. The minimum Gasteiger partial charge on any atom is -0.693 e. The standard InChI is InChI=1S/2ClH.4H2N.Os/h2*1H;4*1H2;/q;;4*-1;+2. The van der Waals surface area contributed by atoms with Crippen molar-refractivity contribution in [1.29, 1.82) is 0 Å². The first-order valence-electron chi connectivity index (χ1n) is 0.289. The van der Waals surface area contributed by atoms with Gasteiger partial charge in [0.25, 0.3) is 0 Å². The second kappa shape index (κ2) is 61.2. The van der Waals surface area contributed by atoms with Crippen molar-refractivity contribution in [3.63, 3.8) is 0 Å². The third kappa shape index (κ3) is 162. The van der Waals surface area contributed by atoms with Gasteiger partial charge < -0.3 is 24.6 Å². The molecule has 0 saturated carbocycles. The Morgan fingerprint density at radius 2 is 0.714 bits per heavy atom. The summed E-state index contributed by atoms with van der Waals surface area (Å²) in [5.74, 6) is 0. The first kappa shape index (κ1) is 42.9. The molecule has 0 bridgehead atoms. The van der Waals surface area contributed by atoms with Crippen LogP contribution in [0.3, 0.4) is 0 Å². The van der Waals surface area contributed by atoms with E-state index in [0.29, 0.717) is 0 Å². The van der Waals surface area contributed by atoms with Crippen molar-refractivity contribution < 1.29 is 34.7 Å². The van der Waals surface area contributed by atoms with Crippen LogP contribution in [-0.4, -0.2) is 0 Å². The molecule has 0 atom stereocenters. The number of halogens is 2. The van der Waals surface area contributed by atoms with Crippen LogP contribution in [0, 0.1) is 19.3 Å². The minimum atomic E-state index is -0.417. The monoisotopic (exact) mass is 328 g/mol. The van der Waals surface area contributed by atoms with E-state index >= 15 is 0 Å². The molecule has 0 heterocycles. The van der Waals surface area contributed by atoms with Gasteiger partial charge in [-0.3, -0.25) is 0 Å². The molecule has 4 nitrogen and oxygen atoms in total. The van der Waals surface area contributed by atoms with Gasteiger partial charge in [-0.25, -0.2) is 0 Å². The minimum absolute atomic E-state index is 0. The summed E-state index contributed by atoms with van der Waals surface area (Å²) in [4.78, 5) is 0. The molecule has 54 valence electrons. The van der Waals surface area contributed by atoms with Crippen LogP contribution in [0.1, 0.15) is 0 Å². The van der Waals surface area contributed by atoms with Gasteiger partial charge in [0.15, 0.2) is 0 Å². The Balaban J connectivity index is -0.00000000333. The van der Waals surface area contributed by atoms with E-state index in [0.717, 1.165) is 0 Å². The van der Waals surface area contributed by atoms with Crippen molar-refractivity contribution >= 4 is 0 Å². The van der Waals surface area contributed by atoms with Gasteiger partial charge >= 0.3 is 34.7 Å². The molecule has 0 aromatic heterocycles. The summed E-state index contributed by atoms with van der Waals surface area (Å²) in [6, 6.07) is 0.